The molecule has 4 rings (SSSR count). The molecule has 2 aliphatic rings. The molecule has 1 aromatic heterocycles. The molecule has 2 fully saturated rings. The van der Waals surface area contributed by atoms with Crippen LogP contribution in [0.4, 0.5) is 4.79 Å². The predicted molar refractivity (Wildman–Crippen MR) is 108 cm³/mol. The molecule has 3 amide bonds. The summed E-state index contributed by atoms with van der Waals surface area (Å²) in [5.74, 6) is 0.122. The Morgan fingerprint density at radius 1 is 1.04 bits per heavy atom. The molecule has 0 aliphatic carbocycles. The number of nitrogens with zero attached hydrogens (tertiary/aromatic N) is 3. The van der Waals surface area contributed by atoms with Crippen molar-refractivity contribution in [3.05, 3.63) is 66.0 Å². The van der Waals surface area contributed by atoms with E-state index in [0.717, 1.165) is 11.3 Å². The van der Waals surface area contributed by atoms with Gasteiger partial charge in [0.05, 0.1) is 29.3 Å². The maximum absolute atomic E-state index is 12.9. The number of nitrogens with one attached hydrogen (secondary N) is 2. The minimum absolute atomic E-state index is 0.157. The number of pyridine rings is 1. The van der Waals surface area contributed by atoms with Crippen molar-refractivity contribution in [1.29, 1.82) is 0 Å². The standard InChI is InChI=1S/C20H23N5O2S/c1-24-17-15(19(26)25(2)20(24)27)18(28-12-14-10-6-7-11-21-14)23-16(22-17)13-8-4-3-5-9-13/h3-11,15-18,22-23H,12H2,1-2H3. The van der Waals surface area contributed by atoms with Crippen molar-refractivity contribution in [2.24, 2.45) is 5.92 Å². The fraction of sp³-hybridized carbons (Fsp3) is 0.350. The van der Waals surface area contributed by atoms with E-state index < -0.39 is 0 Å². The van der Waals surface area contributed by atoms with E-state index in [1.54, 1.807) is 37.0 Å². The lowest BCUT2D eigenvalue weighted by molar-refractivity contribution is -0.140. The Morgan fingerprint density at radius 3 is 2.50 bits per heavy atom. The van der Waals surface area contributed by atoms with E-state index in [-0.39, 0.29) is 35.6 Å². The van der Waals surface area contributed by atoms with Crippen molar-refractivity contribution in [3.8, 4) is 0 Å². The van der Waals surface area contributed by atoms with E-state index in [2.05, 4.69) is 15.6 Å². The molecular weight excluding hydrogens is 374 g/mol. The van der Waals surface area contributed by atoms with Gasteiger partial charge in [-0.05, 0) is 17.7 Å². The van der Waals surface area contributed by atoms with Crippen molar-refractivity contribution in [2.45, 2.75) is 23.5 Å². The van der Waals surface area contributed by atoms with Crippen LogP contribution in [0, 0.1) is 5.92 Å². The molecule has 0 radical (unpaired) electrons. The van der Waals surface area contributed by atoms with Crippen LogP contribution in [0.3, 0.4) is 0 Å². The van der Waals surface area contributed by atoms with Gasteiger partial charge in [0.25, 0.3) is 0 Å². The summed E-state index contributed by atoms with van der Waals surface area (Å²) in [5, 5.41) is 6.85. The number of carbonyl (C=O) groups excluding carboxylic acids is 2. The van der Waals surface area contributed by atoms with Gasteiger partial charge in [-0.15, -0.1) is 11.8 Å². The maximum Gasteiger partial charge on any atom is 0.327 e. The Bertz CT molecular complexity index is 850. The first kappa shape index (κ1) is 18.9. The summed E-state index contributed by atoms with van der Waals surface area (Å²) in [5.41, 5.74) is 2.03. The summed E-state index contributed by atoms with van der Waals surface area (Å²) in [6.07, 6.45) is 1.24. The van der Waals surface area contributed by atoms with Crippen molar-refractivity contribution >= 4 is 23.7 Å². The highest BCUT2D eigenvalue weighted by atomic mass is 32.2. The van der Waals surface area contributed by atoms with E-state index in [9.17, 15) is 9.59 Å². The van der Waals surface area contributed by atoms with Crippen LogP contribution in [0.15, 0.2) is 54.7 Å². The van der Waals surface area contributed by atoms with Gasteiger partial charge in [-0.2, -0.15) is 0 Å². The molecule has 2 aliphatic heterocycles. The van der Waals surface area contributed by atoms with Gasteiger partial charge in [-0.1, -0.05) is 36.4 Å². The maximum atomic E-state index is 12.9. The number of thioether (sulfide) groups is 1. The van der Waals surface area contributed by atoms with Crippen LogP contribution in [-0.2, 0) is 10.5 Å². The number of fused-ring (bicyclic) bond motifs is 1. The second kappa shape index (κ2) is 7.90. The second-order valence-electron chi connectivity index (χ2n) is 6.99. The number of urea groups is 1. The lowest BCUT2D eigenvalue weighted by atomic mass is 9.96. The van der Waals surface area contributed by atoms with Crippen LogP contribution in [0.25, 0.3) is 0 Å². The normalized spacial score (nSPS) is 27.6. The molecule has 7 nitrogen and oxygen atoms in total. The Balaban J connectivity index is 1.62. The zero-order chi connectivity index (χ0) is 19.7. The molecular formula is C20H23N5O2S. The van der Waals surface area contributed by atoms with Gasteiger partial charge in [0.15, 0.2) is 0 Å². The van der Waals surface area contributed by atoms with E-state index >= 15 is 0 Å². The van der Waals surface area contributed by atoms with Crippen molar-refractivity contribution < 1.29 is 9.59 Å². The number of amides is 3. The van der Waals surface area contributed by atoms with Gasteiger partial charge < -0.3 is 4.90 Å². The highest BCUT2D eigenvalue weighted by Gasteiger charge is 2.50. The van der Waals surface area contributed by atoms with Gasteiger partial charge in [-0.25, -0.2) is 4.79 Å². The molecule has 4 unspecified atom stereocenters. The van der Waals surface area contributed by atoms with E-state index in [1.165, 1.54) is 4.90 Å². The lowest BCUT2D eigenvalue weighted by Crippen LogP contribution is -2.72. The molecule has 3 heterocycles. The second-order valence-corrected chi connectivity index (χ2v) is 8.12. The summed E-state index contributed by atoms with van der Waals surface area (Å²) in [4.78, 5) is 32.6. The number of aromatic nitrogens is 1. The van der Waals surface area contributed by atoms with Crippen LogP contribution >= 0.6 is 11.8 Å². The summed E-state index contributed by atoms with van der Waals surface area (Å²) >= 11 is 1.64. The molecule has 1 aromatic carbocycles. The van der Waals surface area contributed by atoms with Crippen LogP contribution in [0.2, 0.25) is 0 Å². The van der Waals surface area contributed by atoms with Crippen LogP contribution in [-0.4, -0.2) is 52.4 Å². The van der Waals surface area contributed by atoms with Crippen LogP contribution in [0.5, 0.6) is 0 Å². The molecule has 0 spiro atoms. The number of carbonyl (C=O) groups is 2. The van der Waals surface area contributed by atoms with Gasteiger partial charge in [0.2, 0.25) is 5.91 Å². The highest BCUT2D eigenvalue weighted by Crippen LogP contribution is 2.35. The third-order valence-corrected chi connectivity index (χ3v) is 6.48. The summed E-state index contributed by atoms with van der Waals surface area (Å²) in [7, 11) is 3.28. The van der Waals surface area contributed by atoms with E-state index in [1.807, 2.05) is 48.5 Å². The van der Waals surface area contributed by atoms with E-state index in [4.69, 9.17) is 0 Å². The summed E-state index contributed by atoms with van der Waals surface area (Å²) in [6, 6.07) is 15.5. The average molecular weight is 398 g/mol. The molecule has 2 N–H and O–H groups in total. The number of rotatable bonds is 4. The Hall–Kier alpha value is -2.42. The highest BCUT2D eigenvalue weighted by molar-refractivity contribution is 7.99. The van der Waals surface area contributed by atoms with Gasteiger partial charge in [0.1, 0.15) is 0 Å². The molecule has 2 saturated heterocycles. The minimum atomic E-state index is -0.388. The first-order valence-electron chi connectivity index (χ1n) is 9.19. The van der Waals surface area contributed by atoms with Crippen molar-refractivity contribution in [3.63, 3.8) is 0 Å². The summed E-state index contributed by atoms with van der Waals surface area (Å²) < 4.78 is 0. The third kappa shape index (κ3) is 3.50. The lowest BCUT2D eigenvalue weighted by Gasteiger charge is -2.50. The zero-order valence-electron chi connectivity index (χ0n) is 15.8. The topological polar surface area (TPSA) is 77.6 Å². The number of hydrogen-bond acceptors (Lipinski definition) is 6. The zero-order valence-corrected chi connectivity index (χ0v) is 16.6. The average Bonchev–Trinajstić information content (AvgIpc) is 2.75. The van der Waals surface area contributed by atoms with Crippen LogP contribution < -0.4 is 10.6 Å². The van der Waals surface area contributed by atoms with Crippen molar-refractivity contribution in [2.75, 3.05) is 14.1 Å². The van der Waals surface area contributed by atoms with Crippen LogP contribution in [0.1, 0.15) is 17.4 Å². The molecule has 2 aromatic rings. The number of hydrogen-bond donors (Lipinski definition) is 2. The molecule has 8 heteroatoms. The Morgan fingerprint density at radius 2 is 1.79 bits per heavy atom. The molecule has 0 bridgehead atoms. The van der Waals surface area contributed by atoms with Gasteiger partial charge in [-0.3, -0.25) is 25.3 Å². The molecule has 146 valence electrons. The van der Waals surface area contributed by atoms with Gasteiger partial charge in [0, 0.05) is 26.0 Å². The fourth-order valence-electron chi connectivity index (χ4n) is 3.70. The monoisotopic (exact) mass is 397 g/mol. The Labute approximate surface area is 168 Å². The van der Waals surface area contributed by atoms with Crippen molar-refractivity contribution in [1.82, 2.24) is 25.4 Å². The first-order valence-corrected chi connectivity index (χ1v) is 10.2. The third-order valence-electron chi connectivity index (χ3n) is 5.23. The van der Waals surface area contributed by atoms with E-state index in [0.29, 0.717) is 5.75 Å². The minimum Gasteiger partial charge on any atom is -0.311 e. The van der Waals surface area contributed by atoms with Gasteiger partial charge >= 0.3 is 6.03 Å². The number of imide groups is 1. The largest absolute Gasteiger partial charge is 0.327 e. The predicted octanol–water partition coefficient (Wildman–Crippen LogP) is 2.00. The number of benzene rings is 1. The molecule has 4 atom stereocenters. The summed E-state index contributed by atoms with van der Waals surface area (Å²) in [6.45, 7) is 0. The smallest absolute Gasteiger partial charge is 0.311 e. The fourth-order valence-corrected chi connectivity index (χ4v) is 4.92. The first-order chi connectivity index (χ1) is 13.6. The molecule has 28 heavy (non-hydrogen) atoms. The SMILES string of the molecule is CN1C(=O)C2C(SCc3ccccn3)NC(c3ccccc3)NC2N(C)C1=O. The molecule has 0 saturated carbocycles. The Kier molecular flexibility index (Phi) is 5.34. The quantitative estimate of drug-likeness (QED) is 0.822.